The first-order valence-electron chi connectivity index (χ1n) is 13.6. The highest BCUT2D eigenvalue weighted by atomic mass is 16.2. The lowest BCUT2D eigenvalue weighted by molar-refractivity contribution is -0.138. The van der Waals surface area contributed by atoms with Gasteiger partial charge in [-0.3, -0.25) is 10.2 Å². The summed E-state index contributed by atoms with van der Waals surface area (Å²) in [6.07, 6.45) is 12.8. The minimum Gasteiger partial charge on any atom is -0.371 e. The van der Waals surface area contributed by atoms with Crippen molar-refractivity contribution in [2.75, 3.05) is 33.2 Å². The lowest BCUT2D eigenvalue weighted by atomic mass is 9.66. The van der Waals surface area contributed by atoms with Crippen LogP contribution in [0.3, 0.4) is 0 Å². The number of allylic oxidation sites excluding steroid dienone is 1. The molecule has 0 aromatic carbocycles. The van der Waals surface area contributed by atoms with Gasteiger partial charge in [-0.05, 0) is 82.5 Å². The summed E-state index contributed by atoms with van der Waals surface area (Å²) in [7, 11) is 2.22. The third-order valence-corrected chi connectivity index (χ3v) is 10.4. The number of amides is 1. The highest BCUT2D eigenvalue weighted by molar-refractivity contribution is 5.79. The quantitative estimate of drug-likeness (QED) is 0.706. The van der Waals surface area contributed by atoms with E-state index in [-0.39, 0.29) is 5.92 Å². The van der Waals surface area contributed by atoms with Gasteiger partial charge in [0.1, 0.15) is 0 Å². The maximum absolute atomic E-state index is 13.3. The number of rotatable bonds is 4. The third-order valence-electron chi connectivity index (χ3n) is 10.4. The average molecular weight is 443 g/mol. The fourth-order valence-corrected chi connectivity index (χ4v) is 7.85. The van der Waals surface area contributed by atoms with Crippen LogP contribution in [-0.4, -0.2) is 66.0 Å². The van der Waals surface area contributed by atoms with Gasteiger partial charge in [0, 0.05) is 62.3 Å². The highest BCUT2D eigenvalue weighted by Crippen LogP contribution is 2.47. The summed E-state index contributed by atoms with van der Waals surface area (Å²) in [5.74, 6) is 3.26. The van der Waals surface area contributed by atoms with Gasteiger partial charge in [-0.1, -0.05) is 19.9 Å². The summed E-state index contributed by atoms with van der Waals surface area (Å²) in [6.45, 7) is 12.9. The van der Waals surface area contributed by atoms with Crippen molar-refractivity contribution in [2.24, 2.45) is 29.1 Å². The van der Waals surface area contributed by atoms with Gasteiger partial charge in [0.25, 0.3) is 0 Å². The molecule has 5 aliphatic rings. The van der Waals surface area contributed by atoms with Gasteiger partial charge in [0.05, 0.1) is 0 Å². The highest BCUT2D eigenvalue weighted by Gasteiger charge is 2.44. The molecule has 2 heterocycles. The molecule has 2 aliphatic heterocycles. The van der Waals surface area contributed by atoms with Crippen molar-refractivity contribution in [1.29, 1.82) is 0 Å². The van der Waals surface area contributed by atoms with Crippen LogP contribution in [0.2, 0.25) is 0 Å². The molecule has 4 unspecified atom stereocenters. The molecule has 3 aliphatic carbocycles. The second kappa shape index (κ2) is 8.94. The number of hydrogen-bond donors (Lipinski definition) is 1. The molecule has 0 bridgehead atoms. The van der Waals surface area contributed by atoms with E-state index in [0.29, 0.717) is 17.4 Å². The summed E-state index contributed by atoms with van der Waals surface area (Å²) < 4.78 is 0. The minimum absolute atomic E-state index is 0.277. The molecular weight excluding hydrogens is 396 g/mol. The van der Waals surface area contributed by atoms with Gasteiger partial charge in [-0.15, -0.1) is 0 Å². The Kier molecular flexibility index (Phi) is 6.35. The van der Waals surface area contributed by atoms with Crippen molar-refractivity contribution >= 4 is 5.91 Å². The lowest BCUT2D eigenvalue weighted by Crippen LogP contribution is -2.52. The molecule has 5 fully saturated rings. The molecule has 0 aromatic rings. The van der Waals surface area contributed by atoms with Crippen LogP contribution in [0.25, 0.3) is 0 Å². The van der Waals surface area contributed by atoms with Crippen LogP contribution in [-0.2, 0) is 4.79 Å². The molecule has 0 spiro atoms. The van der Waals surface area contributed by atoms with Gasteiger partial charge in [0.2, 0.25) is 5.91 Å². The Bertz CT molecular complexity index is 702. The summed E-state index contributed by atoms with van der Waals surface area (Å²) in [6, 6.07) is 1.35. The Labute approximate surface area is 195 Å². The molecule has 180 valence electrons. The lowest BCUT2D eigenvalue weighted by Gasteiger charge is -2.48. The number of carbonyl (C=O) groups is 1. The smallest absolute Gasteiger partial charge is 0.225 e. The fourth-order valence-electron chi connectivity index (χ4n) is 7.85. The second-order valence-corrected chi connectivity index (χ2v) is 12.1. The maximum Gasteiger partial charge on any atom is 0.225 e. The molecule has 5 nitrogen and oxygen atoms in total. The molecule has 0 radical (unpaired) electrons. The van der Waals surface area contributed by atoms with Crippen molar-refractivity contribution in [3.63, 3.8) is 0 Å². The largest absolute Gasteiger partial charge is 0.371 e. The Morgan fingerprint density at radius 3 is 2.19 bits per heavy atom. The predicted molar refractivity (Wildman–Crippen MR) is 130 cm³/mol. The van der Waals surface area contributed by atoms with Crippen molar-refractivity contribution in [3.05, 3.63) is 12.3 Å². The Morgan fingerprint density at radius 2 is 1.56 bits per heavy atom. The molecule has 3 saturated carbocycles. The van der Waals surface area contributed by atoms with Crippen molar-refractivity contribution in [1.82, 2.24) is 20.2 Å². The number of fused-ring (bicyclic) bond motifs is 1. The molecule has 5 heteroatoms. The number of piperazine rings is 1. The molecule has 2 saturated heterocycles. The van der Waals surface area contributed by atoms with Gasteiger partial charge < -0.3 is 9.80 Å². The summed E-state index contributed by atoms with van der Waals surface area (Å²) >= 11 is 0. The van der Waals surface area contributed by atoms with Crippen LogP contribution in [0.15, 0.2) is 12.3 Å². The van der Waals surface area contributed by atoms with Gasteiger partial charge >= 0.3 is 0 Å². The van der Waals surface area contributed by atoms with Crippen molar-refractivity contribution in [3.8, 4) is 0 Å². The average Bonchev–Trinajstić information content (AvgIpc) is 3.09. The predicted octanol–water partition coefficient (Wildman–Crippen LogP) is 4.26. The monoisotopic (exact) mass is 442 g/mol. The van der Waals surface area contributed by atoms with Crippen molar-refractivity contribution in [2.45, 2.75) is 90.1 Å². The second-order valence-electron chi connectivity index (χ2n) is 12.1. The first-order valence-corrected chi connectivity index (χ1v) is 13.6. The molecule has 32 heavy (non-hydrogen) atoms. The van der Waals surface area contributed by atoms with Gasteiger partial charge in [-0.25, -0.2) is 5.01 Å². The van der Waals surface area contributed by atoms with E-state index in [0.717, 1.165) is 62.8 Å². The summed E-state index contributed by atoms with van der Waals surface area (Å²) in [5, 5.41) is 2.38. The zero-order valence-electron chi connectivity index (χ0n) is 20.8. The Morgan fingerprint density at radius 1 is 0.938 bits per heavy atom. The zero-order chi connectivity index (χ0) is 22.5. The first-order chi connectivity index (χ1) is 15.4. The maximum atomic E-state index is 13.3. The van der Waals surface area contributed by atoms with Crippen LogP contribution in [0.5, 0.6) is 0 Å². The van der Waals surface area contributed by atoms with E-state index in [1.165, 1.54) is 57.1 Å². The Hall–Kier alpha value is -1.07. The summed E-state index contributed by atoms with van der Waals surface area (Å²) in [4.78, 5) is 17.9. The van der Waals surface area contributed by atoms with E-state index in [4.69, 9.17) is 0 Å². The number of hydrogen-bond acceptors (Lipinski definition) is 4. The minimum atomic E-state index is 0.277. The number of hydrazine groups is 1. The molecular formula is C27H46N4O. The number of carbonyl (C=O) groups excluding carboxylic acids is 1. The molecule has 4 atom stereocenters. The molecule has 1 N–H and O–H groups in total. The fraction of sp³-hybridized carbons (Fsp3) is 0.889. The van der Waals surface area contributed by atoms with Crippen LogP contribution >= 0.6 is 0 Å². The molecule has 0 aromatic heterocycles. The van der Waals surface area contributed by atoms with Crippen LogP contribution in [0, 0.1) is 29.1 Å². The van der Waals surface area contributed by atoms with Crippen molar-refractivity contribution < 1.29 is 4.79 Å². The van der Waals surface area contributed by atoms with Crippen LogP contribution in [0.4, 0.5) is 0 Å². The number of nitrogens with one attached hydrogen (secondary N) is 1. The number of nitrogens with zero attached hydrogens (tertiary/aromatic N) is 3. The van der Waals surface area contributed by atoms with Crippen LogP contribution in [0.1, 0.15) is 78.1 Å². The standard InChI is InChI=1S/C27H46N4O/c1-19-24-18-23(10-11-25(24)29(4)28-19)21-6-8-22(9-7-21)26(32)31-16-14-30(15-17-31)20(2)27(3)12-5-13-27/h19,21-25,28H,2,5-18H2,1,3-4H3. The van der Waals surface area contributed by atoms with E-state index in [1.807, 2.05) is 0 Å². The Balaban J connectivity index is 1.07. The SMILES string of the molecule is C=C(N1CCN(C(=O)C2CCC(C3CCC4C(C3)C(C)NN4C)CC2)CC1)C1(C)CCC1. The topological polar surface area (TPSA) is 38.8 Å². The molecule has 1 amide bonds. The normalized spacial score (nSPS) is 40.0. The van der Waals surface area contributed by atoms with E-state index < -0.39 is 0 Å². The van der Waals surface area contributed by atoms with E-state index >= 15 is 0 Å². The van der Waals surface area contributed by atoms with E-state index in [2.05, 4.69) is 47.7 Å². The van der Waals surface area contributed by atoms with Crippen LogP contribution < -0.4 is 5.43 Å². The molecule has 5 rings (SSSR count). The van der Waals surface area contributed by atoms with Gasteiger partial charge in [0.15, 0.2) is 0 Å². The van der Waals surface area contributed by atoms with Gasteiger partial charge in [-0.2, -0.15) is 0 Å². The van der Waals surface area contributed by atoms with E-state index in [1.54, 1.807) is 0 Å². The first kappa shape index (κ1) is 22.7. The third kappa shape index (κ3) is 4.13. The summed E-state index contributed by atoms with van der Waals surface area (Å²) in [5.41, 5.74) is 5.29. The van der Waals surface area contributed by atoms with E-state index in [9.17, 15) is 4.79 Å². The zero-order valence-corrected chi connectivity index (χ0v) is 20.8.